The Kier molecular flexibility index (Phi) is 6.34. The number of rotatable bonds is 5. The molecule has 0 unspecified atom stereocenters. The molecule has 7 heteroatoms. The Labute approximate surface area is 185 Å². The van der Waals surface area contributed by atoms with Crippen LogP contribution < -0.4 is 10.2 Å². The highest BCUT2D eigenvalue weighted by atomic mass is 32.2. The molecule has 2 aromatic carbocycles. The molecule has 0 saturated carbocycles. The lowest BCUT2D eigenvalue weighted by molar-refractivity contribution is 0.0933. The third kappa shape index (κ3) is 4.48. The number of aryl methyl sites for hydroxylation is 1. The van der Waals surface area contributed by atoms with Gasteiger partial charge in [-0.1, -0.05) is 24.3 Å². The van der Waals surface area contributed by atoms with Gasteiger partial charge in [0.2, 0.25) is 10.0 Å². The summed E-state index contributed by atoms with van der Waals surface area (Å²) in [4.78, 5) is 15.8. The van der Waals surface area contributed by atoms with Gasteiger partial charge in [0.05, 0.1) is 16.5 Å². The molecule has 1 N–H and O–H groups in total. The second-order valence-corrected chi connectivity index (χ2v) is 10.8. The average Bonchev–Trinajstić information content (AvgIpc) is 2.79. The molecule has 0 aromatic heterocycles. The minimum Gasteiger partial charge on any atom is -0.371 e. The van der Waals surface area contributed by atoms with Crippen LogP contribution in [0, 0.1) is 0 Å². The number of amides is 1. The molecule has 0 radical (unpaired) electrons. The summed E-state index contributed by atoms with van der Waals surface area (Å²) in [5.74, 6) is -0.210. The van der Waals surface area contributed by atoms with Crippen molar-refractivity contribution in [3.05, 3.63) is 59.2 Å². The minimum atomic E-state index is -3.63. The first-order chi connectivity index (χ1) is 14.9. The first-order valence-corrected chi connectivity index (χ1v) is 12.5. The molecule has 1 aliphatic heterocycles. The third-order valence-corrected chi connectivity index (χ3v) is 8.17. The summed E-state index contributed by atoms with van der Waals surface area (Å²) >= 11 is 0. The van der Waals surface area contributed by atoms with E-state index in [0.29, 0.717) is 5.56 Å². The van der Waals surface area contributed by atoms with Gasteiger partial charge in [-0.2, -0.15) is 0 Å². The van der Waals surface area contributed by atoms with Gasteiger partial charge in [-0.15, -0.1) is 0 Å². The molecule has 2 aliphatic rings. The topological polar surface area (TPSA) is 69.7 Å². The van der Waals surface area contributed by atoms with Crippen LogP contribution in [0.15, 0.2) is 47.4 Å². The SMILES string of the molecule is CN(C)S(=O)(=O)c1ccc(N2CCCCC2)c(C(=O)N[C@@H]2CCCc3ccccc32)c1. The summed E-state index contributed by atoms with van der Waals surface area (Å²) < 4.78 is 26.6. The lowest BCUT2D eigenvalue weighted by atomic mass is 9.87. The Balaban J connectivity index is 1.70. The monoisotopic (exact) mass is 441 g/mol. The van der Waals surface area contributed by atoms with E-state index in [4.69, 9.17) is 0 Å². The highest BCUT2D eigenvalue weighted by molar-refractivity contribution is 7.89. The molecular weight excluding hydrogens is 410 g/mol. The van der Waals surface area contributed by atoms with Gasteiger partial charge in [0.25, 0.3) is 5.91 Å². The van der Waals surface area contributed by atoms with Gasteiger partial charge in [0.1, 0.15) is 0 Å². The highest BCUT2D eigenvalue weighted by Crippen LogP contribution is 2.32. The Hall–Kier alpha value is -2.38. The number of benzene rings is 2. The van der Waals surface area contributed by atoms with Crippen molar-refractivity contribution in [1.29, 1.82) is 0 Å². The van der Waals surface area contributed by atoms with Crippen LogP contribution in [0.4, 0.5) is 5.69 Å². The number of carbonyl (C=O) groups excluding carboxylic acids is 1. The molecule has 2 aromatic rings. The molecule has 1 saturated heterocycles. The summed E-state index contributed by atoms with van der Waals surface area (Å²) in [5.41, 5.74) is 3.70. The molecule has 1 amide bonds. The number of hydrogen-bond donors (Lipinski definition) is 1. The van der Waals surface area contributed by atoms with E-state index in [1.807, 2.05) is 12.1 Å². The molecule has 4 rings (SSSR count). The van der Waals surface area contributed by atoms with Gasteiger partial charge in [-0.25, -0.2) is 12.7 Å². The van der Waals surface area contributed by atoms with Crippen molar-refractivity contribution in [3.8, 4) is 0 Å². The molecule has 1 atom stereocenters. The van der Waals surface area contributed by atoms with Crippen molar-refractivity contribution in [2.24, 2.45) is 0 Å². The molecule has 0 bridgehead atoms. The van der Waals surface area contributed by atoms with Crippen LogP contribution >= 0.6 is 0 Å². The molecule has 1 fully saturated rings. The lowest BCUT2D eigenvalue weighted by Gasteiger charge is -2.31. The Morgan fingerprint density at radius 1 is 1.03 bits per heavy atom. The van der Waals surface area contributed by atoms with Crippen molar-refractivity contribution >= 4 is 21.6 Å². The van der Waals surface area contributed by atoms with Crippen molar-refractivity contribution in [2.45, 2.75) is 49.5 Å². The summed E-state index contributed by atoms with van der Waals surface area (Å²) in [7, 11) is -0.614. The van der Waals surface area contributed by atoms with Gasteiger partial charge >= 0.3 is 0 Å². The van der Waals surface area contributed by atoms with E-state index >= 15 is 0 Å². The van der Waals surface area contributed by atoms with Gasteiger partial charge in [-0.3, -0.25) is 4.79 Å². The predicted octanol–water partition coefficient (Wildman–Crippen LogP) is 3.73. The van der Waals surface area contributed by atoms with Crippen LogP contribution in [-0.2, 0) is 16.4 Å². The first-order valence-electron chi connectivity index (χ1n) is 11.1. The van der Waals surface area contributed by atoms with Crippen LogP contribution in [0.5, 0.6) is 0 Å². The van der Waals surface area contributed by atoms with Gasteiger partial charge < -0.3 is 10.2 Å². The number of piperidine rings is 1. The Bertz CT molecular complexity index is 1060. The fourth-order valence-corrected chi connectivity index (χ4v) is 5.55. The first kappa shape index (κ1) is 21.8. The van der Waals surface area contributed by atoms with Gasteiger partial charge in [-0.05, 0) is 67.9 Å². The highest BCUT2D eigenvalue weighted by Gasteiger charge is 2.27. The fourth-order valence-electron chi connectivity index (χ4n) is 4.62. The third-order valence-electron chi connectivity index (χ3n) is 6.36. The number of fused-ring (bicyclic) bond motifs is 1. The maximum Gasteiger partial charge on any atom is 0.253 e. The number of anilines is 1. The van der Waals surface area contributed by atoms with Crippen LogP contribution in [-0.4, -0.2) is 45.8 Å². The van der Waals surface area contributed by atoms with E-state index in [-0.39, 0.29) is 16.8 Å². The molecule has 166 valence electrons. The quantitative estimate of drug-likeness (QED) is 0.768. The largest absolute Gasteiger partial charge is 0.371 e. The molecule has 1 heterocycles. The van der Waals surface area contributed by atoms with Crippen molar-refractivity contribution in [2.75, 3.05) is 32.1 Å². The maximum absolute atomic E-state index is 13.5. The normalized spacial score (nSPS) is 19.2. The van der Waals surface area contributed by atoms with E-state index < -0.39 is 10.0 Å². The van der Waals surface area contributed by atoms with Crippen LogP contribution in [0.25, 0.3) is 0 Å². The van der Waals surface area contributed by atoms with Crippen LogP contribution in [0.2, 0.25) is 0 Å². The zero-order valence-corrected chi connectivity index (χ0v) is 19.1. The molecule has 31 heavy (non-hydrogen) atoms. The Morgan fingerprint density at radius 2 is 1.77 bits per heavy atom. The molecule has 6 nitrogen and oxygen atoms in total. The predicted molar refractivity (Wildman–Crippen MR) is 123 cm³/mol. The number of sulfonamides is 1. The summed E-state index contributed by atoms with van der Waals surface area (Å²) in [5, 5.41) is 3.20. The summed E-state index contributed by atoms with van der Waals surface area (Å²) in [6.07, 6.45) is 6.28. The number of hydrogen-bond acceptors (Lipinski definition) is 4. The summed E-state index contributed by atoms with van der Waals surface area (Å²) in [6, 6.07) is 13.1. The van der Waals surface area contributed by atoms with E-state index in [1.54, 1.807) is 18.2 Å². The number of carbonyl (C=O) groups is 1. The Morgan fingerprint density at radius 3 is 2.52 bits per heavy atom. The van der Waals surface area contributed by atoms with E-state index in [9.17, 15) is 13.2 Å². The van der Waals surface area contributed by atoms with Crippen LogP contribution in [0.1, 0.15) is 59.6 Å². The average molecular weight is 442 g/mol. The second kappa shape index (κ2) is 9.01. The zero-order chi connectivity index (χ0) is 22.0. The second-order valence-electron chi connectivity index (χ2n) is 8.63. The van der Waals surface area contributed by atoms with Crippen molar-refractivity contribution in [3.63, 3.8) is 0 Å². The molecular formula is C24H31N3O3S. The zero-order valence-electron chi connectivity index (χ0n) is 18.3. The van der Waals surface area contributed by atoms with E-state index in [1.165, 1.54) is 35.9 Å². The van der Waals surface area contributed by atoms with Gasteiger partial charge in [0, 0.05) is 32.9 Å². The maximum atomic E-state index is 13.5. The van der Waals surface area contributed by atoms with Gasteiger partial charge in [0.15, 0.2) is 0 Å². The lowest BCUT2D eigenvalue weighted by Crippen LogP contribution is -2.35. The fraction of sp³-hybridized carbons (Fsp3) is 0.458. The minimum absolute atomic E-state index is 0.0548. The summed E-state index contributed by atoms with van der Waals surface area (Å²) in [6.45, 7) is 1.76. The smallest absolute Gasteiger partial charge is 0.253 e. The standard InChI is InChI=1S/C24H31N3O3S/c1-26(2)31(29,30)19-13-14-23(27-15-6-3-7-16-27)21(17-19)24(28)25-22-12-8-10-18-9-4-5-11-20(18)22/h4-5,9,11,13-14,17,22H,3,6-8,10,12,15-16H2,1-2H3,(H,25,28)/t22-/m1/s1. The van der Waals surface area contributed by atoms with E-state index in [0.717, 1.165) is 50.9 Å². The number of nitrogens with zero attached hydrogens (tertiary/aromatic N) is 2. The van der Waals surface area contributed by atoms with E-state index in [2.05, 4.69) is 22.3 Å². The van der Waals surface area contributed by atoms with Crippen molar-refractivity contribution < 1.29 is 13.2 Å². The van der Waals surface area contributed by atoms with Crippen molar-refractivity contribution in [1.82, 2.24) is 9.62 Å². The molecule has 0 spiro atoms. The molecule has 1 aliphatic carbocycles. The number of nitrogens with one attached hydrogen (secondary N) is 1. The van der Waals surface area contributed by atoms with Crippen LogP contribution in [0.3, 0.4) is 0 Å².